The first-order valence-electron chi connectivity index (χ1n) is 8.24. The SMILES string of the molecule is O=C(NCc1nc(CN2CCCCC2)cs1)C1CCCC1. The van der Waals surface area contributed by atoms with Crippen molar-refractivity contribution in [3.63, 3.8) is 0 Å². The summed E-state index contributed by atoms with van der Waals surface area (Å²) in [5.74, 6) is 0.470. The minimum absolute atomic E-state index is 0.222. The first kappa shape index (κ1) is 15.0. The Morgan fingerprint density at radius 2 is 2.00 bits per heavy atom. The Labute approximate surface area is 130 Å². The van der Waals surface area contributed by atoms with Gasteiger partial charge in [-0.1, -0.05) is 19.3 Å². The molecule has 1 aliphatic carbocycles. The van der Waals surface area contributed by atoms with Gasteiger partial charge in [0.2, 0.25) is 5.91 Å². The maximum atomic E-state index is 12.0. The van der Waals surface area contributed by atoms with Crippen LogP contribution in [0, 0.1) is 5.92 Å². The van der Waals surface area contributed by atoms with E-state index in [0.29, 0.717) is 6.54 Å². The zero-order valence-electron chi connectivity index (χ0n) is 12.6. The number of amides is 1. The van der Waals surface area contributed by atoms with Crippen LogP contribution >= 0.6 is 11.3 Å². The second-order valence-electron chi connectivity index (χ2n) is 6.27. The van der Waals surface area contributed by atoms with Crippen molar-refractivity contribution in [2.45, 2.75) is 58.0 Å². The number of aromatic nitrogens is 1. The molecule has 0 unspecified atom stereocenters. The van der Waals surface area contributed by atoms with Crippen molar-refractivity contribution in [3.05, 3.63) is 16.1 Å². The minimum Gasteiger partial charge on any atom is -0.349 e. The Kier molecular flexibility index (Phi) is 5.25. The molecule has 1 aromatic heterocycles. The lowest BCUT2D eigenvalue weighted by Gasteiger charge is -2.25. The van der Waals surface area contributed by atoms with Crippen LogP contribution in [0.2, 0.25) is 0 Å². The summed E-state index contributed by atoms with van der Waals surface area (Å²) in [5, 5.41) is 6.23. The second kappa shape index (κ2) is 7.36. The summed E-state index contributed by atoms with van der Waals surface area (Å²) in [4.78, 5) is 19.2. The van der Waals surface area contributed by atoms with E-state index in [4.69, 9.17) is 0 Å². The predicted octanol–water partition coefficient (Wildman–Crippen LogP) is 2.94. The molecule has 21 heavy (non-hydrogen) atoms. The number of hydrogen-bond acceptors (Lipinski definition) is 4. The normalized spacial score (nSPS) is 20.8. The van der Waals surface area contributed by atoms with E-state index in [1.165, 1.54) is 45.2 Å². The van der Waals surface area contributed by atoms with E-state index in [9.17, 15) is 4.79 Å². The summed E-state index contributed by atoms with van der Waals surface area (Å²) in [5.41, 5.74) is 1.16. The summed E-state index contributed by atoms with van der Waals surface area (Å²) < 4.78 is 0. The molecule has 2 fully saturated rings. The van der Waals surface area contributed by atoms with E-state index in [1.54, 1.807) is 11.3 Å². The molecule has 1 aromatic rings. The molecule has 116 valence electrons. The van der Waals surface area contributed by atoms with Crippen LogP contribution in [0.15, 0.2) is 5.38 Å². The molecule has 0 atom stereocenters. The molecule has 2 heterocycles. The van der Waals surface area contributed by atoms with E-state index in [1.807, 2.05) is 0 Å². The van der Waals surface area contributed by atoms with E-state index >= 15 is 0 Å². The molecular formula is C16H25N3OS. The standard InChI is InChI=1S/C16H25N3OS/c20-16(13-6-2-3-7-13)17-10-15-18-14(12-21-15)11-19-8-4-1-5-9-19/h12-13H,1-11H2,(H,17,20). The fourth-order valence-corrected chi connectivity index (χ4v) is 4.07. The summed E-state index contributed by atoms with van der Waals surface area (Å²) in [6, 6.07) is 0. The number of nitrogens with one attached hydrogen (secondary N) is 1. The quantitative estimate of drug-likeness (QED) is 0.909. The molecule has 1 saturated carbocycles. The highest BCUT2D eigenvalue weighted by molar-refractivity contribution is 7.09. The third-order valence-corrected chi connectivity index (χ3v) is 5.47. The van der Waals surface area contributed by atoms with Gasteiger partial charge < -0.3 is 5.32 Å². The Morgan fingerprint density at radius 1 is 1.24 bits per heavy atom. The van der Waals surface area contributed by atoms with Crippen molar-refractivity contribution >= 4 is 17.2 Å². The average molecular weight is 307 g/mol. The van der Waals surface area contributed by atoms with Gasteiger partial charge in [0.15, 0.2) is 0 Å². The van der Waals surface area contributed by atoms with Crippen LogP contribution < -0.4 is 5.32 Å². The first-order valence-corrected chi connectivity index (χ1v) is 9.12. The smallest absolute Gasteiger partial charge is 0.223 e. The largest absolute Gasteiger partial charge is 0.349 e. The fraction of sp³-hybridized carbons (Fsp3) is 0.750. The highest BCUT2D eigenvalue weighted by atomic mass is 32.1. The monoisotopic (exact) mass is 307 g/mol. The Morgan fingerprint density at radius 3 is 2.76 bits per heavy atom. The molecular weight excluding hydrogens is 282 g/mol. The van der Waals surface area contributed by atoms with Crippen molar-refractivity contribution in [2.24, 2.45) is 5.92 Å². The first-order chi connectivity index (χ1) is 10.3. The highest BCUT2D eigenvalue weighted by Crippen LogP contribution is 2.24. The van der Waals surface area contributed by atoms with Gasteiger partial charge in [-0.05, 0) is 38.8 Å². The molecule has 0 aromatic carbocycles. The number of carbonyl (C=O) groups is 1. The van der Waals surface area contributed by atoms with Crippen molar-refractivity contribution in [1.82, 2.24) is 15.2 Å². The van der Waals surface area contributed by atoms with Crippen molar-refractivity contribution in [3.8, 4) is 0 Å². The van der Waals surface area contributed by atoms with Crippen LogP contribution in [-0.2, 0) is 17.9 Å². The molecule has 1 saturated heterocycles. The summed E-state index contributed by atoms with van der Waals surface area (Å²) in [6.45, 7) is 3.96. The molecule has 2 aliphatic rings. The number of thiazole rings is 1. The van der Waals surface area contributed by atoms with Crippen LogP contribution in [0.5, 0.6) is 0 Å². The number of likely N-dealkylation sites (tertiary alicyclic amines) is 1. The van der Waals surface area contributed by atoms with E-state index in [0.717, 1.165) is 30.1 Å². The van der Waals surface area contributed by atoms with Gasteiger partial charge in [-0.25, -0.2) is 4.98 Å². The molecule has 4 nitrogen and oxygen atoms in total. The van der Waals surface area contributed by atoms with Gasteiger partial charge in [0.1, 0.15) is 5.01 Å². The second-order valence-corrected chi connectivity index (χ2v) is 7.21. The van der Waals surface area contributed by atoms with E-state index < -0.39 is 0 Å². The van der Waals surface area contributed by atoms with Gasteiger partial charge in [0, 0.05) is 17.8 Å². The molecule has 3 rings (SSSR count). The maximum Gasteiger partial charge on any atom is 0.223 e. The van der Waals surface area contributed by atoms with E-state index in [-0.39, 0.29) is 11.8 Å². The molecule has 1 aliphatic heterocycles. The summed E-state index contributed by atoms with van der Waals surface area (Å²) >= 11 is 1.67. The molecule has 5 heteroatoms. The van der Waals surface area contributed by atoms with Gasteiger partial charge in [0.25, 0.3) is 0 Å². The van der Waals surface area contributed by atoms with Crippen molar-refractivity contribution < 1.29 is 4.79 Å². The number of hydrogen-bond donors (Lipinski definition) is 1. The molecule has 0 bridgehead atoms. The van der Waals surface area contributed by atoms with Gasteiger partial charge in [-0.2, -0.15) is 0 Å². The number of rotatable bonds is 5. The van der Waals surface area contributed by atoms with E-state index in [2.05, 4.69) is 20.6 Å². The van der Waals surface area contributed by atoms with Gasteiger partial charge >= 0.3 is 0 Å². The molecule has 1 amide bonds. The predicted molar refractivity (Wildman–Crippen MR) is 85.0 cm³/mol. The number of piperidine rings is 1. The third kappa shape index (κ3) is 4.27. The highest BCUT2D eigenvalue weighted by Gasteiger charge is 2.22. The topological polar surface area (TPSA) is 45.2 Å². The van der Waals surface area contributed by atoms with Crippen molar-refractivity contribution in [2.75, 3.05) is 13.1 Å². The van der Waals surface area contributed by atoms with Gasteiger partial charge in [-0.3, -0.25) is 9.69 Å². The van der Waals surface area contributed by atoms with Crippen LogP contribution in [0.25, 0.3) is 0 Å². The fourth-order valence-electron chi connectivity index (χ4n) is 3.34. The van der Waals surface area contributed by atoms with Gasteiger partial charge in [-0.15, -0.1) is 11.3 Å². The lowest BCUT2D eigenvalue weighted by atomic mass is 10.1. The number of carbonyl (C=O) groups excluding carboxylic acids is 1. The van der Waals surface area contributed by atoms with Gasteiger partial charge in [0.05, 0.1) is 12.2 Å². The Hall–Kier alpha value is -0.940. The van der Waals surface area contributed by atoms with Crippen LogP contribution in [0.4, 0.5) is 0 Å². The molecule has 0 spiro atoms. The minimum atomic E-state index is 0.222. The summed E-state index contributed by atoms with van der Waals surface area (Å²) in [7, 11) is 0. The third-order valence-electron chi connectivity index (χ3n) is 4.57. The van der Waals surface area contributed by atoms with Crippen molar-refractivity contribution in [1.29, 1.82) is 0 Å². The average Bonchev–Trinajstić information content (AvgIpc) is 3.17. The zero-order valence-corrected chi connectivity index (χ0v) is 13.5. The Balaban J connectivity index is 1.44. The number of nitrogens with zero attached hydrogens (tertiary/aromatic N) is 2. The molecule has 1 N–H and O–H groups in total. The van der Waals surface area contributed by atoms with Crippen LogP contribution in [0.1, 0.15) is 55.6 Å². The summed E-state index contributed by atoms with van der Waals surface area (Å²) in [6.07, 6.45) is 8.52. The lowest BCUT2D eigenvalue weighted by molar-refractivity contribution is -0.124. The zero-order chi connectivity index (χ0) is 14.5. The lowest BCUT2D eigenvalue weighted by Crippen LogP contribution is -2.29. The maximum absolute atomic E-state index is 12.0. The van der Waals surface area contributed by atoms with Crippen LogP contribution in [0.3, 0.4) is 0 Å². The Bertz CT molecular complexity index is 462. The van der Waals surface area contributed by atoms with Crippen LogP contribution in [-0.4, -0.2) is 28.9 Å². The molecule has 0 radical (unpaired) electrons.